The van der Waals surface area contributed by atoms with Crippen molar-refractivity contribution in [1.82, 2.24) is 5.32 Å². The molecule has 0 fully saturated rings. The maximum atomic E-state index is 12.2. The smallest absolute Gasteiger partial charge is 0.261 e. The van der Waals surface area contributed by atoms with Crippen LogP contribution in [0.2, 0.25) is 0 Å². The van der Waals surface area contributed by atoms with Crippen LogP contribution >= 0.6 is 11.3 Å². The maximum Gasteiger partial charge on any atom is 0.261 e. The number of rotatable bonds is 6. The van der Waals surface area contributed by atoms with Crippen LogP contribution in [0, 0.1) is 0 Å². The first-order chi connectivity index (χ1) is 9.76. The van der Waals surface area contributed by atoms with Crippen LogP contribution in [0.1, 0.15) is 26.4 Å². The Hall–Kier alpha value is -1.69. The van der Waals surface area contributed by atoms with E-state index in [2.05, 4.69) is 5.32 Å². The van der Waals surface area contributed by atoms with Gasteiger partial charge in [-0.3, -0.25) is 4.79 Å². The second-order valence-corrected chi connectivity index (χ2v) is 5.23. The Labute approximate surface area is 122 Å². The molecule has 0 radical (unpaired) electrons. The second-order valence-electron chi connectivity index (χ2n) is 4.32. The number of aliphatic hydroxyl groups is 1. The van der Waals surface area contributed by atoms with Gasteiger partial charge in [0.25, 0.3) is 5.91 Å². The fourth-order valence-corrected chi connectivity index (χ4v) is 2.77. The largest absolute Gasteiger partial charge is 0.392 e. The average Bonchev–Trinajstić information content (AvgIpc) is 2.94. The number of methoxy groups -OCH3 is 1. The number of aliphatic hydroxyl groups excluding tert-OH is 1. The summed E-state index contributed by atoms with van der Waals surface area (Å²) in [6, 6.07) is 9.40. The molecule has 0 aliphatic carbocycles. The molecule has 0 spiro atoms. The Morgan fingerprint density at radius 1 is 1.25 bits per heavy atom. The van der Waals surface area contributed by atoms with Crippen molar-refractivity contribution in [3.63, 3.8) is 0 Å². The monoisotopic (exact) mass is 291 g/mol. The Morgan fingerprint density at radius 2 is 2.00 bits per heavy atom. The van der Waals surface area contributed by atoms with E-state index in [1.165, 1.54) is 11.3 Å². The zero-order chi connectivity index (χ0) is 14.4. The van der Waals surface area contributed by atoms with Crippen molar-refractivity contribution in [2.24, 2.45) is 0 Å². The van der Waals surface area contributed by atoms with E-state index in [0.717, 1.165) is 16.7 Å². The van der Waals surface area contributed by atoms with Gasteiger partial charge in [-0.15, -0.1) is 11.3 Å². The molecule has 4 nitrogen and oxygen atoms in total. The molecule has 0 saturated carbocycles. The molecule has 1 aromatic heterocycles. The van der Waals surface area contributed by atoms with Crippen LogP contribution in [0.4, 0.5) is 0 Å². The van der Waals surface area contributed by atoms with Gasteiger partial charge in [0.1, 0.15) is 0 Å². The predicted molar refractivity (Wildman–Crippen MR) is 78.6 cm³/mol. The summed E-state index contributed by atoms with van der Waals surface area (Å²) in [7, 11) is 1.61. The number of benzene rings is 1. The lowest BCUT2D eigenvalue weighted by Crippen LogP contribution is -2.23. The molecular weight excluding hydrogens is 274 g/mol. The van der Waals surface area contributed by atoms with E-state index in [0.29, 0.717) is 18.0 Å². The molecule has 2 aromatic rings. The first-order valence-corrected chi connectivity index (χ1v) is 7.15. The molecule has 1 amide bonds. The molecule has 20 heavy (non-hydrogen) atoms. The number of carbonyl (C=O) groups excluding carboxylic acids is 1. The van der Waals surface area contributed by atoms with Gasteiger partial charge in [0, 0.05) is 19.2 Å². The molecule has 5 heteroatoms. The van der Waals surface area contributed by atoms with E-state index in [1.54, 1.807) is 7.11 Å². The van der Waals surface area contributed by atoms with Gasteiger partial charge >= 0.3 is 0 Å². The van der Waals surface area contributed by atoms with Crippen LogP contribution in [0.15, 0.2) is 35.7 Å². The van der Waals surface area contributed by atoms with Crippen molar-refractivity contribution in [2.75, 3.05) is 7.11 Å². The molecule has 0 aliphatic rings. The summed E-state index contributed by atoms with van der Waals surface area (Å²) in [5, 5.41) is 14.0. The van der Waals surface area contributed by atoms with Crippen LogP contribution < -0.4 is 5.32 Å². The summed E-state index contributed by atoms with van der Waals surface area (Å²) < 4.78 is 5.07. The fraction of sp³-hybridized carbons (Fsp3) is 0.267. The second kappa shape index (κ2) is 7.19. The highest BCUT2D eigenvalue weighted by molar-refractivity contribution is 7.12. The van der Waals surface area contributed by atoms with Gasteiger partial charge in [-0.1, -0.05) is 24.3 Å². The fourth-order valence-electron chi connectivity index (χ4n) is 1.94. The molecule has 2 rings (SSSR count). The third-order valence-electron chi connectivity index (χ3n) is 2.98. The summed E-state index contributed by atoms with van der Waals surface area (Å²) in [6.45, 7) is 0.805. The van der Waals surface area contributed by atoms with Crippen molar-refractivity contribution in [3.8, 4) is 0 Å². The van der Waals surface area contributed by atoms with E-state index >= 15 is 0 Å². The number of amides is 1. The van der Waals surface area contributed by atoms with E-state index in [-0.39, 0.29) is 12.5 Å². The van der Waals surface area contributed by atoms with Crippen LogP contribution in [-0.4, -0.2) is 18.1 Å². The van der Waals surface area contributed by atoms with Crippen molar-refractivity contribution >= 4 is 17.2 Å². The number of ether oxygens (including phenoxy) is 1. The third-order valence-corrected chi connectivity index (χ3v) is 3.94. The van der Waals surface area contributed by atoms with Crippen LogP contribution in [-0.2, 0) is 24.5 Å². The van der Waals surface area contributed by atoms with E-state index in [1.807, 2.05) is 35.7 Å². The topological polar surface area (TPSA) is 58.6 Å². The quantitative estimate of drug-likeness (QED) is 0.858. The van der Waals surface area contributed by atoms with Gasteiger partial charge in [0.2, 0.25) is 0 Å². The lowest BCUT2D eigenvalue weighted by atomic mass is 10.1. The predicted octanol–water partition coefficient (Wildman–Crippen LogP) is 2.32. The molecule has 2 N–H and O–H groups in total. The van der Waals surface area contributed by atoms with Crippen LogP contribution in [0.25, 0.3) is 0 Å². The molecular formula is C15H17NO3S. The molecule has 0 aliphatic heterocycles. The molecule has 106 valence electrons. The molecule has 0 bridgehead atoms. The summed E-state index contributed by atoms with van der Waals surface area (Å²) in [6.07, 6.45) is 0. The van der Waals surface area contributed by atoms with E-state index < -0.39 is 0 Å². The van der Waals surface area contributed by atoms with Gasteiger partial charge in [-0.2, -0.15) is 0 Å². The summed E-state index contributed by atoms with van der Waals surface area (Å²) in [5.74, 6) is -0.111. The van der Waals surface area contributed by atoms with Gasteiger partial charge in [-0.05, 0) is 22.6 Å². The molecule has 1 aromatic carbocycles. The van der Waals surface area contributed by atoms with Crippen LogP contribution in [0.3, 0.4) is 0 Å². The maximum absolute atomic E-state index is 12.2. The van der Waals surface area contributed by atoms with E-state index in [9.17, 15) is 9.90 Å². The van der Waals surface area contributed by atoms with Gasteiger partial charge in [0.15, 0.2) is 0 Å². The Bertz CT molecular complexity index is 580. The summed E-state index contributed by atoms with van der Waals surface area (Å²) in [5.41, 5.74) is 2.65. The molecule has 0 unspecified atom stereocenters. The Kier molecular flexibility index (Phi) is 5.29. The minimum atomic E-state index is -0.111. The molecule has 0 saturated heterocycles. The number of nitrogens with one attached hydrogen (secondary N) is 1. The first kappa shape index (κ1) is 14.7. The zero-order valence-corrected chi connectivity index (χ0v) is 12.1. The number of hydrogen-bond donors (Lipinski definition) is 2. The summed E-state index contributed by atoms with van der Waals surface area (Å²) >= 11 is 1.40. The van der Waals surface area contributed by atoms with E-state index in [4.69, 9.17) is 4.74 Å². The highest BCUT2D eigenvalue weighted by Crippen LogP contribution is 2.18. The first-order valence-electron chi connectivity index (χ1n) is 6.27. The van der Waals surface area contributed by atoms with Crippen molar-refractivity contribution < 1.29 is 14.6 Å². The number of carbonyl (C=O) groups is 1. The van der Waals surface area contributed by atoms with Gasteiger partial charge in [0.05, 0.1) is 18.1 Å². The average molecular weight is 291 g/mol. The lowest BCUT2D eigenvalue weighted by molar-refractivity contribution is 0.0950. The third kappa shape index (κ3) is 3.45. The van der Waals surface area contributed by atoms with Crippen molar-refractivity contribution in [1.29, 1.82) is 0 Å². The SMILES string of the molecule is COCc1ccsc1C(=O)NCc1ccccc1CO. The molecule has 0 atom stereocenters. The van der Waals surface area contributed by atoms with Gasteiger partial charge in [-0.25, -0.2) is 0 Å². The normalized spacial score (nSPS) is 10.5. The van der Waals surface area contributed by atoms with Gasteiger partial charge < -0.3 is 15.2 Å². The Balaban J connectivity index is 2.03. The van der Waals surface area contributed by atoms with Crippen molar-refractivity contribution in [2.45, 2.75) is 19.8 Å². The molecule has 1 heterocycles. The highest BCUT2D eigenvalue weighted by atomic mass is 32.1. The number of thiophene rings is 1. The lowest BCUT2D eigenvalue weighted by Gasteiger charge is -2.09. The number of hydrogen-bond acceptors (Lipinski definition) is 4. The van der Waals surface area contributed by atoms with Crippen molar-refractivity contribution in [3.05, 3.63) is 57.3 Å². The minimum absolute atomic E-state index is 0.0278. The Morgan fingerprint density at radius 3 is 2.70 bits per heavy atom. The minimum Gasteiger partial charge on any atom is -0.392 e. The standard InChI is InChI=1S/C15H17NO3S/c1-19-10-13-6-7-20-14(13)15(18)16-8-11-4-2-3-5-12(11)9-17/h2-7,17H,8-10H2,1H3,(H,16,18). The van der Waals surface area contributed by atoms with Crippen LogP contribution in [0.5, 0.6) is 0 Å². The highest BCUT2D eigenvalue weighted by Gasteiger charge is 2.13. The zero-order valence-electron chi connectivity index (χ0n) is 11.3. The summed E-state index contributed by atoms with van der Waals surface area (Å²) in [4.78, 5) is 12.8.